The highest BCUT2D eigenvalue weighted by Crippen LogP contribution is 2.39. The number of methoxy groups -OCH3 is 1. The van der Waals surface area contributed by atoms with Crippen LogP contribution in [0.5, 0.6) is 5.75 Å². The fourth-order valence-electron chi connectivity index (χ4n) is 4.26. The van der Waals surface area contributed by atoms with Gasteiger partial charge in [-0.25, -0.2) is 4.79 Å². The van der Waals surface area contributed by atoms with E-state index in [9.17, 15) is 18.0 Å². The Labute approximate surface area is 197 Å². The van der Waals surface area contributed by atoms with Crippen molar-refractivity contribution in [2.24, 2.45) is 0 Å². The molecule has 1 N–H and O–H groups in total. The van der Waals surface area contributed by atoms with Gasteiger partial charge in [-0.1, -0.05) is 56.3 Å². The topological polar surface area (TPSA) is 41.6 Å². The van der Waals surface area contributed by atoms with Crippen LogP contribution in [0.3, 0.4) is 0 Å². The van der Waals surface area contributed by atoms with Crippen molar-refractivity contribution in [2.75, 3.05) is 13.7 Å². The number of nitrogens with zero attached hydrogens (tertiary/aromatic N) is 1. The Balaban J connectivity index is 1.75. The van der Waals surface area contributed by atoms with E-state index in [0.29, 0.717) is 29.0 Å². The second kappa shape index (κ2) is 9.41. The molecule has 34 heavy (non-hydrogen) atoms. The molecule has 3 aromatic rings. The van der Waals surface area contributed by atoms with Crippen LogP contribution in [0.25, 0.3) is 11.1 Å². The second-order valence-electron chi connectivity index (χ2n) is 8.78. The molecule has 2 amide bonds. The molecule has 178 valence electrons. The SMILES string of the molecule is COc1ccc(C(C)C)cc1-c1ccc(C(F)(F)F)cc1CN1CC(c2ccccc2)NC1=O. The van der Waals surface area contributed by atoms with Crippen molar-refractivity contribution in [2.45, 2.75) is 38.5 Å². The summed E-state index contributed by atoms with van der Waals surface area (Å²) in [6.07, 6.45) is -4.49. The molecule has 1 aliphatic heterocycles. The van der Waals surface area contributed by atoms with E-state index in [4.69, 9.17) is 4.74 Å². The smallest absolute Gasteiger partial charge is 0.416 e. The van der Waals surface area contributed by atoms with Gasteiger partial charge in [-0.3, -0.25) is 0 Å². The molecular formula is C27H27F3N2O2. The van der Waals surface area contributed by atoms with E-state index < -0.39 is 11.7 Å². The van der Waals surface area contributed by atoms with Gasteiger partial charge in [0.2, 0.25) is 0 Å². The monoisotopic (exact) mass is 468 g/mol. The number of rotatable bonds is 6. The predicted molar refractivity (Wildman–Crippen MR) is 126 cm³/mol. The number of hydrogen-bond donors (Lipinski definition) is 1. The highest BCUT2D eigenvalue weighted by Gasteiger charge is 2.33. The predicted octanol–water partition coefficient (Wildman–Crippen LogP) is 6.77. The molecule has 1 fully saturated rings. The third kappa shape index (κ3) is 4.88. The summed E-state index contributed by atoms with van der Waals surface area (Å²) in [7, 11) is 1.54. The number of ether oxygens (including phenoxy) is 1. The Kier molecular flexibility index (Phi) is 6.55. The van der Waals surface area contributed by atoms with Crippen LogP contribution < -0.4 is 10.1 Å². The average molecular weight is 469 g/mol. The summed E-state index contributed by atoms with van der Waals surface area (Å²) >= 11 is 0. The number of amides is 2. The molecule has 4 nitrogen and oxygen atoms in total. The van der Waals surface area contributed by atoms with Gasteiger partial charge in [0.1, 0.15) is 5.75 Å². The van der Waals surface area contributed by atoms with Crippen molar-refractivity contribution in [3.05, 3.63) is 89.0 Å². The van der Waals surface area contributed by atoms with Gasteiger partial charge in [0.25, 0.3) is 0 Å². The van der Waals surface area contributed by atoms with Crippen molar-refractivity contribution in [3.8, 4) is 16.9 Å². The van der Waals surface area contributed by atoms with E-state index in [1.165, 1.54) is 13.2 Å². The van der Waals surface area contributed by atoms with Gasteiger partial charge >= 0.3 is 12.2 Å². The summed E-state index contributed by atoms with van der Waals surface area (Å²) in [6, 6.07) is 18.4. The molecule has 1 heterocycles. The molecule has 1 atom stereocenters. The zero-order chi connectivity index (χ0) is 24.5. The number of nitrogens with one attached hydrogen (secondary N) is 1. The third-order valence-corrected chi connectivity index (χ3v) is 6.16. The fraction of sp³-hybridized carbons (Fsp3) is 0.296. The number of carbonyl (C=O) groups is 1. The number of hydrogen-bond acceptors (Lipinski definition) is 2. The molecule has 4 rings (SSSR count). The molecule has 3 aromatic carbocycles. The number of benzene rings is 3. The molecule has 0 radical (unpaired) electrons. The molecule has 7 heteroatoms. The molecule has 0 aromatic heterocycles. The van der Waals surface area contributed by atoms with Gasteiger partial charge in [-0.2, -0.15) is 13.2 Å². The quantitative estimate of drug-likeness (QED) is 0.434. The van der Waals surface area contributed by atoms with E-state index >= 15 is 0 Å². The van der Waals surface area contributed by atoms with Gasteiger partial charge in [0.05, 0.1) is 18.7 Å². The summed E-state index contributed by atoms with van der Waals surface area (Å²) in [5.74, 6) is 0.803. The van der Waals surface area contributed by atoms with Crippen molar-refractivity contribution in [1.29, 1.82) is 0 Å². The number of carbonyl (C=O) groups excluding carboxylic acids is 1. The minimum Gasteiger partial charge on any atom is -0.496 e. The van der Waals surface area contributed by atoms with E-state index in [2.05, 4.69) is 19.2 Å². The van der Waals surface area contributed by atoms with Crippen molar-refractivity contribution < 1.29 is 22.7 Å². The van der Waals surface area contributed by atoms with E-state index in [1.807, 2.05) is 48.5 Å². The van der Waals surface area contributed by atoms with Crippen LogP contribution in [0.4, 0.5) is 18.0 Å². The Hall–Kier alpha value is -3.48. The fourth-order valence-corrected chi connectivity index (χ4v) is 4.26. The maximum Gasteiger partial charge on any atom is 0.416 e. The van der Waals surface area contributed by atoms with Crippen LogP contribution in [0.2, 0.25) is 0 Å². The number of urea groups is 1. The molecule has 0 spiro atoms. The third-order valence-electron chi connectivity index (χ3n) is 6.16. The summed E-state index contributed by atoms with van der Waals surface area (Å²) in [4.78, 5) is 14.3. The lowest BCUT2D eigenvalue weighted by Crippen LogP contribution is -2.28. The van der Waals surface area contributed by atoms with Gasteiger partial charge in [-0.15, -0.1) is 0 Å². The van der Waals surface area contributed by atoms with Crippen LogP contribution in [-0.2, 0) is 12.7 Å². The summed E-state index contributed by atoms with van der Waals surface area (Å²) < 4.78 is 46.3. The van der Waals surface area contributed by atoms with Crippen LogP contribution >= 0.6 is 0 Å². The first kappa shape index (κ1) is 23.7. The number of alkyl halides is 3. The van der Waals surface area contributed by atoms with Crippen LogP contribution in [0.15, 0.2) is 66.7 Å². The zero-order valence-electron chi connectivity index (χ0n) is 19.3. The first-order valence-corrected chi connectivity index (χ1v) is 11.2. The molecular weight excluding hydrogens is 441 g/mol. The number of halogens is 3. The largest absolute Gasteiger partial charge is 0.496 e. The van der Waals surface area contributed by atoms with Crippen molar-refractivity contribution in [3.63, 3.8) is 0 Å². The van der Waals surface area contributed by atoms with Crippen molar-refractivity contribution >= 4 is 6.03 Å². The molecule has 1 unspecified atom stereocenters. The molecule has 1 saturated heterocycles. The van der Waals surface area contributed by atoms with E-state index in [0.717, 1.165) is 23.3 Å². The van der Waals surface area contributed by atoms with Gasteiger partial charge < -0.3 is 15.0 Å². The van der Waals surface area contributed by atoms with Crippen molar-refractivity contribution in [1.82, 2.24) is 10.2 Å². The minimum atomic E-state index is -4.49. The highest BCUT2D eigenvalue weighted by molar-refractivity contribution is 5.79. The first-order valence-electron chi connectivity index (χ1n) is 11.2. The summed E-state index contributed by atoms with van der Waals surface area (Å²) in [6.45, 7) is 4.51. The van der Waals surface area contributed by atoms with Crippen LogP contribution in [-0.4, -0.2) is 24.6 Å². The second-order valence-corrected chi connectivity index (χ2v) is 8.78. The molecule has 0 saturated carbocycles. The van der Waals surface area contributed by atoms with Crippen LogP contribution in [0, 0.1) is 0 Å². The Bertz CT molecular complexity index is 1180. The Morgan fingerprint density at radius 3 is 2.41 bits per heavy atom. The summed E-state index contributed by atoms with van der Waals surface area (Å²) in [5.41, 5.74) is 2.99. The van der Waals surface area contributed by atoms with Gasteiger partial charge in [0.15, 0.2) is 0 Å². The molecule has 1 aliphatic rings. The lowest BCUT2D eigenvalue weighted by molar-refractivity contribution is -0.137. The van der Waals surface area contributed by atoms with Gasteiger partial charge in [0, 0.05) is 18.7 Å². The minimum absolute atomic E-state index is 0.0451. The Morgan fingerprint density at radius 2 is 1.76 bits per heavy atom. The Morgan fingerprint density at radius 1 is 1.03 bits per heavy atom. The highest BCUT2D eigenvalue weighted by atomic mass is 19.4. The molecule has 0 aliphatic carbocycles. The normalized spacial score (nSPS) is 16.1. The average Bonchev–Trinajstić information content (AvgIpc) is 3.18. The van der Waals surface area contributed by atoms with Gasteiger partial charge in [-0.05, 0) is 52.4 Å². The molecule has 0 bridgehead atoms. The first-order chi connectivity index (χ1) is 16.2. The van der Waals surface area contributed by atoms with E-state index in [-0.39, 0.29) is 24.5 Å². The zero-order valence-corrected chi connectivity index (χ0v) is 19.3. The maximum absolute atomic E-state index is 13.6. The lowest BCUT2D eigenvalue weighted by Gasteiger charge is -2.21. The summed E-state index contributed by atoms with van der Waals surface area (Å²) in [5, 5.41) is 2.93. The van der Waals surface area contributed by atoms with E-state index in [1.54, 1.807) is 4.90 Å². The lowest BCUT2D eigenvalue weighted by atomic mass is 9.92. The standard InChI is InChI=1S/C27H27F3N2O2/c1-17(2)19-9-12-25(34-3)23(14-19)22-11-10-21(27(28,29)30)13-20(22)15-32-16-24(31-26(32)33)18-7-5-4-6-8-18/h4-14,17,24H,15-16H2,1-3H3,(H,31,33). The maximum atomic E-state index is 13.6. The van der Waals surface area contributed by atoms with Crippen LogP contribution in [0.1, 0.15) is 48.1 Å².